The number of nitriles is 1. The highest BCUT2D eigenvalue weighted by atomic mass is 16.2. The molecule has 0 aromatic rings. The molecular weight excluding hydrogens is 492 g/mol. The van der Waals surface area contributed by atoms with Gasteiger partial charge in [-0.15, -0.1) is 0 Å². The lowest BCUT2D eigenvalue weighted by Crippen LogP contribution is -2.74. The molecule has 0 radical (unpaired) electrons. The molecular formula is C36H54N2O2. The van der Waals surface area contributed by atoms with Crippen molar-refractivity contribution in [2.24, 2.45) is 55.2 Å². The molecule has 4 nitrogen and oxygen atoms in total. The van der Waals surface area contributed by atoms with Gasteiger partial charge in [0.2, 0.25) is 5.91 Å². The molecule has 0 saturated heterocycles. The van der Waals surface area contributed by atoms with Crippen molar-refractivity contribution in [1.29, 1.82) is 5.26 Å². The molecule has 0 aliphatic heterocycles. The number of allylic oxidation sites excluding steroid dienone is 3. The standard InChI is InChI=1S/C36H54N2O2/c1-12-38-28(40)36-16-13-25(23(2)3)35(36,11)26-14-15-33(9)32(8,30(26,6)17-20-36)19-18-31(7)29(4,5)27(39)24(22-37)21-34(31,33)10/h21,25-26H,2,12-20H2,1,3-11H3,(H,38,40)/t25-,26?,30+,31-,32-,33-,34-,35+,36+/m0/s1. The molecule has 4 fully saturated rings. The monoisotopic (exact) mass is 546 g/mol. The number of carbonyl (C=O) groups is 2. The molecule has 0 bridgehead atoms. The van der Waals surface area contributed by atoms with Crippen molar-refractivity contribution in [3.05, 3.63) is 23.8 Å². The Bertz CT molecular complexity index is 1260. The largest absolute Gasteiger partial charge is 0.356 e. The van der Waals surface area contributed by atoms with Gasteiger partial charge < -0.3 is 5.32 Å². The predicted molar refractivity (Wildman–Crippen MR) is 161 cm³/mol. The Balaban J connectivity index is 1.71. The Morgan fingerprint density at radius 3 is 2.15 bits per heavy atom. The van der Waals surface area contributed by atoms with Gasteiger partial charge in [0.1, 0.15) is 6.07 Å². The molecule has 4 saturated carbocycles. The number of rotatable bonds is 3. The van der Waals surface area contributed by atoms with E-state index in [9.17, 15) is 14.9 Å². The van der Waals surface area contributed by atoms with Crippen molar-refractivity contribution in [2.45, 2.75) is 121 Å². The van der Waals surface area contributed by atoms with E-state index in [-0.39, 0.29) is 49.6 Å². The van der Waals surface area contributed by atoms with Crippen LogP contribution in [0.3, 0.4) is 0 Å². The van der Waals surface area contributed by atoms with Gasteiger partial charge in [0.25, 0.3) is 0 Å². The van der Waals surface area contributed by atoms with Gasteiger partial charge in [0.15, 0.2) is 5.78 Å². The second-order valence-corrected chi connectivity index (χ2v) is 16.5. The molecule has 1 unspecified atom stereocenters. The Morgan fingerprint density at radius 1 is 0.950 bits per heavy atom. The average Bonchev–Trinajstić information content (AvgIpc) is 3.20. The van der Waals surface area contributed by atoms with Crippen LogP contribution in [0, 0.1) is 66.5 Å². The van der Waals surface area contributed by atoms with Crippen molar-refractivity contribution >= 4 is 11.7 Å². The first-order valence-electron chi connectivity index (χ1n) is 16.0. The zero-order valence-corrected chi connectivity index (χ0v) is 27.1. The fraction of sp³-hybridized carbons (Fsp3) is 0.806. The summed E-state index contributed by atoms with van der Waals surface area (Å²) < 4.78 is 0. The van der Waals surface area contributed by atoms with E-state index in [0.717, 1.165) is 51.4 Å². The highest BCUT2D eigenvalue weighted by Crippen LogP contribution is 2.85. The Labute approximate surface area is 243 Å². The molecule has 40 heavy (non-hydrogen) atoms. The smallest absolute Gasteiger partial charge is 0.226 e. The number of ketones is 1. The van der Waals surface area contributed by atoms with Gasteiger partial charge in [-0.2, -0.15) is 5.26 Å². The van der Waals surface area contributed by atoms with E-state index in [2.05, 4.69) is 86.4 Å². The number of Topliss-reactive ketones (excluding diaryl/α,β-unsaturated/α-hetero) is 1. The second-order valence-electron chi connectivity index (χ2n) is 16.5. The maximum Gasteiger partial charge on any atom is 0.226 e. The minimum Gasteiger partial charge on any atom is -0.356 e. The van der Waals surface area contributed by atoms with Crippen LogP contribution in [0.2, 0.25) is 0 Å². The number of hydrogen-bond donors (Lipinski definition) is 1. The van der Waals surface area contributed by atoms with E-state index in [0.29, 0.717) is 24.0 Å². The van der Waals surface area contributed by atoms with Gasteiger partial charge >= 0.3 is 0 Å². The van der Waals surface area contributed by atoms with Crippen molar-refractivity contribution in [3.63, 3.8) is 0 Å². The summed E-state index contributed by atoms with van der Waals surface area (Å²) in [7, 11) is 0. The molecule has 1 amide bonds. The first-order chi connectivity index (χ1) is 18.3. The van der Waals surface area contributed by atoms with Crippen molar-refractivity contribution in [3.8, 4) is 6.07 Å². The van der Waals surface area contributed by atoms with Gasteiger partial charge in [-0.1, -0.05) is 73.6 Å². The lowest BCUT2D eigenvalue weighted by molar-refractivity contribution is -0.294. The third-order valence-electron chi connectivity index (χ3n) is 16.1. The number of fused-ring (bicyclic) bond motifs is 7. The van der Waals surface area contributed by atoms with Crippen LogP contribution in [0.4, 0.5) is 0 Å². The molecule has 4 heteroatoms. The van der Waals surface area contributed by atoms with Crippen molar-refractivity contribution in [1.82, 2.24) is 5.32 Å². The molecule has 220 valence electrons. The van der Waals surface area contributed by atoms with Crippen LogP contribution in [0.5, 0.6) is 0 Å². The lowest BCUT2D eigenvalue weighted by atomic mass is 9.24. The fourth-order valence-electron chi connectivity index (χ4n) is 12.8. The first-order valence-corrected chi connectivity index (χ1v) is 16.0. The number of hydrogen-bond acceptors (Lipinski definition) is 3. The van der Waals surface area contributed by atoms with E-state index in [1.807, 2.05) is 6.92 Å². The maximum atomic E-state index is 14.0. The number of nitrogens with one attached hydrogen (secondary N) is 1. The number of nitrogens with zero attached hydrogens (tertiary/aromatic N) is 1. The molecule has 5 aliphatic rings. The van der Waals surface area contributed by atoms with Crippen LogP contribution in [0.15, 0.2) is 23.8 Å². The highest BCUT2D eigenvalue weighted by molar-refractivity contribution is 6.04. The van der Waals surface area contributed by atoms with Crippen LogP contribution in [-0.4, -0.2) is 18.2 Å². The summed E-state index contributed by atoms with van der Waals surface area (Å²) in [5.74, 6) is 1.02. The second kappa shape index (κ2) is 8.35. The Hall–Kier alpha value is -1.89. The van der Waals surface area contributed by atoms with Crippen LogP contribution in [0.25, 0.3) is 0 Å². The summed E-state index contributed by atoms with van der Waals surface area (Å²) in [6.07, 6.45) is 10.2. The lowest BCUT2D eigenvalue weighted by Gasteiger charge is -2.79. The van der Waals surface area contributed by atoms with E-state index in [4.69, 9.17) is 0 Å². The topological polar surface area (TPSA) is 70.0 Å². The predicted octanol–water partition coefficient (Wildman–Crippen LogP) is 8.19. The molecule has 0 aromatic heterocycles. The minimum absolute atomic E-state index is 0.00855. The van der Waals surface area contributed by atoms with Gasteiger partial charge in [-0.3, -0.25) is 9.59 Å². The third kappa shape index (κ3) is 2.80. The van der Waals surface area contributed by atoms with Crippen molar-refractivity contribution in [2.75, 3.05) is 6.54 Å². The van der Waals surface area contributed by atoms with E-state index < -0.39 is 5.41 Å². The van der Waals surface area contributed by atoms with Crippen molar-refractivity contribution < 1.29 is 9.59 Å². The van der Waals surface area contributed by atoms with Crippen LogP contribution < -0.4 is 5.32 Å². The van der Waals surface area contributed by atoms with Crippen LogP contribution >= 0.6 is 0 Å². The molecule has 0 spiro atoms. The molecule has 5 rings (SSSR count). The molecule has 1 N–H and O–H groups in total. The summed E-state index contributed by atoms with van der Waals surface area (Å²) in [6.45, 7) is 28.4. The zero-order chi connectivity index (χ0) is 29.9. The number of carbonyl (C=O) groups excluding carboxylic acids is 2. The van der Waals surface area contributed by atoms with Gasteiger partial charge in [-0.05, 0) is 110 Å². The Kier molecular flexibility index (Phi) is 6.18. The SMILES string of the molecule is C=C(C)[C@@H]1CC[C@]2(C(=O)NCC)CC[C@]3(C)C(CC[C@]4(C)[C@@]5(C)C=C(C#N)C(=O)C(C)(C)[C@]5(C)CC[C@]43C)[C@@]12C. The molecule has 9 atom stereocenters. The summed E-state index contributed by atoms with van der Waals surface area (Å²) in [5, 5.41) is 13.4. The molecule has 5 aliphatic carbocycles. The minimum atomic E-state index is -0.605. The van der Waals surface area contributed by atoms with E-state index in [1.54, 1.807) is 0 Å². The summed E-state index contributed by atoms with van der Waals surface area (Å²) in [6, 6.07) is 2.32. The van der Waals surface area contributed by atoms with Gasteiger partial charge in [0.05, 0.1) is 11.0 Å². The zero-order valence-electron chi connectivity index (χ0n) is 27.1. The van der Waals surface area contributed by atoms with E-state index >= 15 is 0 Å². The molecule has 0 aromatic carbocycles. The summed E-state index contributed by atoms with van der Waals surface area (Å²) in [5.41, 5.74) is -0.145. The Morgan fingerprint density at radius 2 is 1.57 bits per heavy atom. The highest BCUT2D eigenvalue weighted by Gasteiger charge is 2.80. The van der Waals surface area contributed by atoms with E-state index in [1.165, 1.54) is 5.57 Å². The third-order valence-corrected chi connectivity index (χ3v) is 16.1. The summed E-state index contributed by atoms with van der Waals surface area (Å²) >= 11 is 0. The van der Waals surface area contributed by atoms with Gasteiger partial charge in [-0.25, -0.2) is 0 Å². The van der Waals surface area contributed by atoms with Crippen LogP contribution in [-0.2, 0) is 9.59 Å². The maximum absolute atomic E-state index is 14.0. The quantitative estimate of drug-likeness (QED) is 0.363. The fourth-order valence-corrected chi connectivity index (χ4v) is 12.8. The normalized spacial score (nSPS) is 50.8. The first kappa shape index (κ1) is 29.6. The molecule has 0 heterocycles. The number of amides is 1. The van der Waals surface area contributed by atoms with Crippen LogP contribution in [0.1, 0.15) is 121 Å². The summed E-state index contributed by atoms with van der Waals surface area (Å²) in [4.78, 5) is 27.6. The van der Waals surface area contributed by atoms with Gasteiger partial charge in [0, 0.05) is 12.0 Å². The average molecular weight is 547 g/mol.